The Bertz CT molecular complexity index is 2460. The van der Waals surface area contributed by atoms with Gasteiger partial charge in [0.2, 0.25) is 11.8 Å². The lowest BCUT2D eigenvalue weighted by Crippen LogP contribution is -2.57. The van der Waals surface area contributed by atoms with E-state index in [-0.39, 0.29) is 54.0 Å². The molecule has 0 bridgehead atoms. The van der Waals surface area contributed by atoms with Gasteiger partial charge in [0, 0.05) is 85.4 Å². The number of halogens is 3. The lowest BCUT2D eigenvalue weighted by Gasteiger charge is -2.50. The van der Waals surface area contributed by atoms with Crippen LogP contribution in [0.5, 0.6) is 5.75 Å². The molecule has 2 aromatic carbocycles. The molecule has 1 unspecified atom stereocenters. The number of benzene rings is 2. The average molecular weight is 780 g/mol. The van der Waals surface area contributed by atoms with Gasteiger partial charge in [-0.2, -0.15) is 8.78 Å². The van der Waals surface area contributed by atoms with Crippen LogP contribution in [0, 0.1) is 5.82 Å². The number of pyridine rings is 2. The number of ether oxygens (including phenoxy) is 1. The number of imide groups is 2. The highest BCUT2D eigenvalue weighted by atomic mass is 19.3. The molecule has 12 nitrogen and oxygen atoms in total. The smallest absolute Gasteiger partial charge is 0.319 e. The van der Waals surface area contributed by atoms with Crippen LogP contribution >= 0.6 is 0 Å². The zero-order valence-corrected chi connectivity index (χ0v) is 31.3. The summed E-state index contributed by atoms with van der Waals surface area (Å²) in [4.78, 5) is 64.4. The third-order valence-corrected chi connectivity index (χ3v) is 11.9. The van der Waals surface area contributed by atoms with Crippen molar-refractivity contribution in [3.8, 4) is 16.9 Å². The molecule has 6 heterocycles. The Morgan fingerprint density at radius 1 is 0.842 bits per heavy atom. The molecular formula is C42H40F3N7O5. The van der Waals surface area contributed by atoms with Gasteiger partial charge in [-0.25, -0.2) is 9.37 Å². The molecule has 1 aliphatic carbocycles. The molecule has 9 rings (SSSR count). The first-order valence-electron chi connectivity index (χ1n) is 19.3. The summed E-state index contributed by atoms with van der Waals surface area (Å²) in [5, 5.41) is 3.48. The van der Waals surface area contributed by atoms with Gasteiger partial charge in [-0.1, -0.05) is 12.1 Å². The van der Waals surface area contributed by atoms with E-state index in [2.05, 4.69) is 34.0 Å². The van der Waals surface area contributed by atoms with Gasteiger partial charge in [-0.15, -0.1) is 0 Å². The Morgan fingerprint density at radius 2 is 1.61 bits per heavy atom. The molecule has 0 radical (unpaired) electrons. The topological polar surface area (TPSA) is 130 Å². The van der Waals surface area contributed by atoms with E-state index < -0.39 is 42.0 Å². The summed E-state index contributed by atoms with van der Waals surface area (Å²) < 4.78 is 51.3. The average Bonchev–Trinajstić information content (AvgIpc) is 3.64. The maximum Gasteiger partial charge on any atom is 0.319 e. The van der Waals surface area contributed by atoms with Gasteiger partial charge in [-0.3, -0.25) is 43.8 Å². The van der Waals surface area contributed by atoms with Gasteiger partial charge in [-0.05, 0) is 75.1 Å². The van der Waals surface area contributed by atoms with Crippen molar-refractivity contribution in [3.63, 3.8) is 0 Å². The highest BCUT2D eigenvalue weighted by Gasteiger charge is 2.45. The molecule has 3 fully saturated rings. The van der Waals surface area contributed by atoms with Gasteiger partial charge in [0.25, 0.3) is 11.8 Å². The standard InChI is InChI=1S/C42H40F3N7O5/c1-22(2)50(26-17-28(18-26)57-27-4-6-30-31(19-27)41(56)52(40(30)55)35-7-8-37(53)48-39(35)54)25-10-13-49(14-11-25)38-33(43)15-24(20-47-38)23-3-5-29-32-21-46-12-9-34(32)51(42(44)45)36(29)16-23/h3-6,9,12,15-16,19-22,25-26,28,35,42H,7-8,10-11,13-14,17-18H2,1-2H3,(H,48,53,54)/t26-,28-,35?. The number of carbonyl (C=O) groups excluding carboxylic acids is 4. The molecule has 294 valence electrons. The fourth-order valence-corrected chi connectivity index (χ4v) is 9.21. The Morgan fingerprint density at radius 3 is 2.33 bits per heavy atom. The van der Waals surface area contributed by atoms with Crippen molar-refractivity contribution < 1.29 is 37.1 Å². The number of aromatic nitrogens is 3. The first-order chi connectivity index (χ1) is 27.5. The number of anilines is 1. The second-order valence-electron chi connectivity index (χ2n) is 15.6. The third kappa shape index (κ3) is 6.37. The van der Waals surface area contributed by atoms with Crippen LogP contribution < -0.4 is 15.0 Å². The van der Waals surface area contributed by atoms with Gasteiger partial charge in [0.15, 0.2) is 11.6 Å². The van der Waals surface area contributed by atoms with Crippen molar-refractivity contribution in [2.75, 3.05) is 18.0 Å². The fourth-order valence-electron chi connectivity index (χ4n) is 9.21. The number of rotatable bonds is 9. The number of amides is 4. The van der Waals surface area contributed by atoms with Gasteiger partial charge >= 0.3 is 6.55 Å². The normalized spacial score (nSPS) is 21.6. The molecule has 3 aromatic heterocycles. The van der Waals surface area contributed by atoms with Crippen LogP contribution in [0.3, 0.4) is 0 Å². The number of hydrogen-bond donors (Lipinski definition) is 1. The van der Waals surface area contributed by atoms with Crippen molar-refractivity contribution >= 4 is 51.3 Å². The summed E-state index contributed by atoms with van der Waals surface area (Å²) >= 11 is 0. The van der Waals surface area contributed by atoms with E-state index in [0.29, 0.717) is 51.8 Å². The lowest BCUT2D eigenvalue weighted by atomic mass is 9.84. The van der Waals surface area contributed by atoms with Gasteiger partial charge in [0.05, 0.1) is 22.2 Å². The molecule has 0 spiro atoms. The van der Waals surface area contributed by atoms with E-state index >= 15 is 4.39 Å². The summed E-state index contributed by atoms with van der Waals surface area (Å²) in [5.74, 6) is -1.92. The van der Waals surface area contributed by atoms with E-state index in [0.717, 1.165) is 35.2 Å². The minimum absolute atomic E-state index is 0.0540. The predicted octanol–water partition coefficient (Wildman–Crippen LogP) is 6.48. The van der Waals surface area contributed by atoms with Crippen LogP contribution in [0.1, 0.15) is 79.6 Å². The molecule has 15 heteroatoms. The van der Waals surface area contributed by atoms with Crippen molar-refractivity contribution in [1.82, 2.24) is 29.7 Å². The fraction of sp³-hybridized carbons (Fsp3) is 0.381. The lowest BCUT2D eigenvalue weighted by molar-refractivity contribution is -0.136. The Hall–Kier alpha value is -5.83. The van der Waals surface area contributed by atoms with Crippen LogP contribution in [0.4, 0.5) is 19.0 Å². The molecule has 4 amide bonds. The summed E-state index contributed by atoms with van der Waals surface area (Å²) in [6, 6.07) is 12.8. The Kier molecular flexibility index (Phi) is 9.21. The molecule has 4 aliphatic rings. The molecule has 1 N–H and O–H groups in total. The number of alkyl halides is 2. The maximum absolute atomic E-state index is 15.7. The quantitative estimate of drug-likeness (QED) is 0.167. The molecule has 5 aromatic rings. The molecule has 2 saturated heterocycles. The number of fused-ring (bicyclic) bond motifs is 4. The van der Waals surface area contributed by atoms with E-state index in [9.17, 15) is 28.0 Å². The van der Waals surface area contributed by atoms with E-state index in [1.54, 1.807) is 54.9 Å². The monoisotopic (exact) mass is 779 g/mol. The first-order valence-corrected chi connectivity index (χ1v) is 19.3. The summed E-state index contributed by atoms with van der Waals surface area (Å²) in [6.45, 7) is 2.83. The van der Waals surface area contributed by atoms with Gasteiger partial charge < -0.3 is 9.64 Å². The SMILES string of the molecule is CC(C)N(C1CCN(c2ncc(-c3ccc4c5cnccc5n(C(F)F)c4c3)cc2F)CC1)[C@H]1C[C@H](Oc2ccc3c(c2)C(=O)N(C2CCC(=O)NC2=O)C3=O)C1. The van der Waals surface area contributed by atoms with Crippen LogP contribution in [-0.4, -0.2) is 91.3 Å². The largest absolute Gasteiger partial charge is 0.490 e. The highest BCUT2D eigenvalue weighted by molar-refractivity contribution is 6.23. The second kappa shape index (κ2) is 14.3. The van der Waals surface area contributed by atoms with Gasteiger partial charge in [0.1, 0.15) is 17.9 Å². The first kappa shape index (κ1) is 36.8. The minimum atomic E-state index is -2.76. The van der Waals surface area contributed by atoms with Crippen molar-refractivity contribution in [2.24, 2.45) is 0 Å². The Labute approximate surface area is 325 Å². The van der Waals surface area contributed by atoms with E-state index in [4.69, 9.17) is 4.74 Å². The molecular weight excluding hydrogens is 739 g/mol. The number of nitrogens with one attached hydrogen (secondary N) is 1. The number of nitrogens with zero attached hydrogens (tertiary/aromatic N) is 6. The Balaban J connectivity index is 0.822. The van der Waals surface area contributed by atoms with Crippen LogP contribution in [-0.2, 0) is 9.59 Å². The second-order valence-corrected chi connectivity index (χ2v) is 15.6. The van der Waals surface area contributed by atoms with Crippen molar-refractivity contribution in [1.29, 1.82) is 0 Å². The molecule has 1 saturated carbocycles. The highest BCUT2D eigenvalue weighted by Crippen LogP contribution is 2.39. The zero-order chi connectivity index (χ0) is 39.7. The third-order valence-electron chi connectivity index (χ3n) is 11.9. The van der Waals surface area contributed by atoms with Crippen LogP contribution in [0.2, 0.25) is 0 Å². The molecule has 1 atom stereocenters. The molecule has 3 aliphatic heterocycles. The number of carbonyl (C=O) groups is 4. The summed E-state index contributed by atoms with van der Waals surface area (Å²) in [5.41, 5.74) is 2.20. The number of piperidine rings is 2. The van der Waals surface area contributed by atoms with Crippen molar-refractivity contribution in [2.45, 2.75) is 89.2 Å². The van der Waals surface area contributed by atoms with Crippen LogP contribution in [0.25, 0.3) is 32.9 Å². The van der Waals surface area contributed by atoms with E-state index in [1.807, 2.05) is 4.90 Å². The maximum atomic E-state index is 15.7. The summed E-state index contributed by atoms with van der Waals surface area (Å²) in [7, 11) is 0. The minimum Gasteiger partial charge on any atom is -0.490 e. The summed E-state index contributed by atoms with van der Waals surface area (Å²) in [6.07, 6.45) is 7.91. The van der Waals surface area contributed by atoms with Crippen LogP contribution in [0.15, 0.2) is 67.1 Å². The zero-order valence-electron chi connectivity index (χ0n) is 31.3. The van der Waals surface area contributed by atoms with E-state index in [1.165, 1.54) is 12.3 Å². The number of hydrogen-bond acceptors (Lipinski definition) is 9. The predicted molar refractivity (Wildman–Crippen MR) is 204 cm³/mol. The van der Waals surface area contributed by atoms with Crippen molar-refractivity contribution in [3.05, 3.63) is 84.1 Å². The molecule has 57 heavy (non-hydrogen) atoms.